The third-order valence-electron chi connectivity index (χ3n) is 4.19. The Kier molecular flexibility index (Phi) is 5.50. The number of nitrogens with zero attached hydrogens (tertiary/aromatic N) is 1. The van der Waals surface area contributed by atoms with E-state index in [-0.39, 0.29) is 18.4 Å². The lowest BCUT2D eigenvalue weighted by atomic mass is 9.96. The number of imide groups is 1. The number of carbonyl (C=O) groups excluding carboxylic acids is 3. The molecule has 0 fully saturated rings. The molecule has 0 aliphatic carbocycles. The third-order valence-corrected chi connectivity index (χ3v) is 4.19. The highest BCUT2D eigenvalue weighted by Crippen LogP contribution is 2.28. The monoisotopic (exact) mass is 318 g/mol. The molecule has 2 unspecified atom stereocenters. The first-order valence-electron chi connectivity index (χ1n) is 7.88. The molecule has 1 aliphatic heterocycles. The Morgan fingerprint density at radius 1 is 1.22 bits per heavy atom. The molecule has 23 heavy (non-hydrogen) atoms. The summed E-state index contributed by atoms with van der Waals surface area (Å²) in [6, 6.07) is 5.77. The lowest BCUT2D eigenvalue weighted by Gasteiger charge is -2.29. The van der Waals surface area contributed by atoms with Crippen LogP contribution in [-0.4, -0.2) is 46.9 Å². The van der Waals surface area contributed by atoms with Crippen molar-refractivity contribution in [2.45, 2.75) is 32.7 Å². The maximum Gasteiger partial charge on any atom is 0.262 e. The van der Waals surface area contributed by atoms with Crippen molar-refractivity contribution < 1.29 is 19.5 Å². The number of carbonyl (C=O) groups is 3. The van der Waals surface area contributed by atoms with Crippen LogP contribution in [-0.2, 0) is 4.79 Å². The van der Waals surface area contributed by atoms with Gasteiger partial charge in [-0.1, -0.05) is 32.4 Å². The van der Waals surface area contributed by atoms with Crippen molar-refractivity contribution in [2.75, 3.05) is 13.2 Å². The number of hydrogen-bond acceptors (Lipinski definition) is 4. The van der Waals surface area contributed by atoms with E-state index in [1.165, 1.54) is 0 Å². The minimum absolute atomic E-state index is 0.0265. The Bertz CT molecular complexity index is 579. The number of amides is 3. The van der Waals surface area contributed by atoms with Gasteiger partial charge in [0.25, 0.3) is 11.8 Å². The predicted octanol–water partition coefficient (Wildman–Crippen LogP) is 1.20. The van der Waals surface area contributed by atoms with Gasteiger partial charge in [-0.15, -0.1) is 0 Å². The van der Waals surface area contributed by atoms with E-state index in [1.54, 1.807) is 24.3 Å². The molecule has 2 N–H and O–H groups in total. The van der Waals surface area contributed by atoms with E-state index in [0.717, 1.165) is 4.90 Å². The maximum absolute atomic E-state index is 12.6. The van der Waals surface area contributed by atoms with Crippen molar-refractivity contribution in [1.29, 1.82) is 0 Å². The van der Waals surface area contributed by atoms with Crippen molar-refractivity contribution in [2.24, 2.45) is 5.92 Å². The van der Waals surface area contributed by atoms with Crippen LogP contribution in [0.1, 0.15) is 47.4 Å². The van der Waals surface area contributed by atoms with E-state index in [4.69, 9.17) is 5.11 Å². The van der Waals surface area contributed by atoms with Gasteiger partial charge >= 0.3 is 0 Å². The second kappa shape index (κ2) is 7.37. The zero-order valence-electron chi connectivity index (χ0n) is 13.4. The van der Waals surface area contributed by atoms with Crippen LogP contribution in [0.2, 0.25) is 0 Å². The number of aliphatic hydroxyl groups is 1. The number of nitrogens with one attached hydrogen (secondary N) is 1. The summed E-state index contributed by atoms with van der Waals surface area (Å²) < 4.78 is 0. The Labute approximate surface area is 135 Å². The van der Waals surface area contributed by atoms with Gasteiger partial charge in [-0.2, -0.15) is 0 Å². The molecule has 1 aliphatic rings. The smallest absolute Gasteiger partial charge is 0.262 e. The minimum Gasteiger partial charge on any atom is -0.396 e. The SMILES string of the molecule is CCC(C)C(C(=O)NCCCO)N1C(=O)c2ccccc2C1=O. The van der Waals surface area contributed by atoms with Crippen LogP contribution in [0.3, 0.4) is 0 Å². The van der Waals surface area contributed by atoms with Crippen LogP contribution >= 0.6 is 0 Å². The van der Waals surface area contributed by atoms with Crippen molar-refractivity contribution >= 4 is 17.7 Å². The normalized spacial score (nSPS) is 16.2. The van der Waals surface area contributed by atoms with Gasteiger partial charge in [0.15, 0.2) is 0 Å². The highest BCUT2D eigenvalue weighted by Gasteiger charge is 2.44. The van der Waals surface area contributed by atoms with E-state index in [9.17, 15) is 14.4 Å². The standard InChI is InChI=1S/C17H22N2O4/c1-3-11(2)14(15(21)18-9-6-10-20)19-16(22)12-7-4-5-8-13(12)17(19)23/h4-5,7-8,11,14,20H,3,6,9-10H2,1-2H3,(H,18,21). The molecule has 1 aromatic carbocycles. The summed E-state index contributed by atoms with van der Waals surface area (Å²) >= 11 is 0. The maximum atomic E-state index is 12.6. The van der Waals surface area contributed by atoms with Gasteiger partial charge in [0, 0.05) is 13.2 Å². The van der Waals surface area contributed by atoms with Gasteiger partial charge in [-0.25, -0.2) is 0 Å². The van der Waals surface area contributed by atoms with E-state index in [1.807, 2.05) is 13.8 Å². The van der Waals surface area contributed by atoms with E-state index >= 15 is 0 Å². The highest BCUT2D eigenvalue weighted by molar-refractivity contribution is 6.22. The number of aliphatic hydroxyl groups excluding tert-OH is 1. The second-order valence-electron chi connectivity index (χ2n) is 5.72. The average Bonchev–Trinajstić information content (AvgIpc) is 2.81. The molecule has 0 saturated heterocycles. The molecule has 2 atom stereocenters. The van der Waals surface area contributed by atoms with Crippen LogP contribution in [0, 0.1) is 5.92 Å². The molecule has 1 aromatic rings. The third kappa shape index (κ3) is 3.27. The molecule has 0 bridgehead atoms. The molecule has 6 heteroatoms. The number of fused-ring (bicyclic) bond motifs is 1. The Balaban J connectivity index is 2.28. The van der Waals surface area contributed by atoms with Crippen molar-refractivity contribution in [3.63, 3.8) is 0 Å². The molecular weight excluding hydrogens is 296 g/mol. The summed E-state index contributed by atoms with van der Waals surface area (Å²) in [7, 11) is 0. The van der Waals surface area contributed by atoms with Gasteiger partial charge in [-0.3, -0.25) is 19.3 Å². The fraction of sp³-hybridized carbons (Fsp3) is 0.471. The van der Waals surface area contributed by atoms with Crippen LogP contribution in [0.5, 0.6) is 0 Å². The molecule has 124 valence electrons. The Morgan fingerprint density at radius 2 is 1.78 bits per heavy atom. The lowest BCUT2D eigenvalue weighted by Crippen LogP contribution is -2.52. The quantitative estimate of drug-likeness (QED) is 0.584. The van der Waals surface area contributed by atoms with Crippen molar-refractivity contribution in [3.05, 3.63) is 35.4 Å². The summed E-state index contributed by atoms with van der Waals surface area (Å²) in [4.78, 5) is 38.8. The molecule has 0 saturated carbocycles. The molecule has 0 aromatic heterocycles. The molecule has 0 spiro atoms. The molecule has 6 nitrogen and oxygen atoms in total. The van der Waals surface area contributed by atoms with E-state index in [2.05, 4.69) is 5.32 Å². The van der Waals surface area contributed by atoms with Crippen LogP contribution in [0.25, 0.3) is 0 Å². The Morgan fingerprint density at radius 3 is 2.26 bits per heavy atom. The topological polar surface area (TPSA) is 86.7 Å². The van der Waals surface area contributed by atoms with Gasteiger partial charge < -0.3 is 10.4 Å². The fourth-order valence-corrected chi connectivity index (χ4v) is 2.71. The fourth-order valence-electron chi connectivity index (χ4n) is 2.71. The van der Waals surface area contributed by atoms with Crippen LogP contribution in [0.4, 0.5) is 0 Å². The summed E-state index contributed by atoms with van der Waals surface area (Å²) in [6.07, 6.45) is 1.09. The summed E-state index contributed by atoms with van der Waals surface area (Å²) in [5.74, 6) is -1.37. The minimum atomic E-state index is -0.842. The second-order valence-corrected chi connectivity index (χ2v) is 5.72. The predicted molar refractivity (Wildman–Crippen MR) is 84.9 cm³/mol. The first kappa shape index (κ1) is 17.1. The van der Waals surface area contributed by atoms with Crippen molar-refractivity contribution in [3.8, 4) is 0 Å². The first-order valence-corrected chi connectivity index (χ1v) is 7.88. The largest absolute Gasteiger partial charge is 0.396 e. The summed E-state index contributed by atoms with van der Waals surface area (Å²) in [5, 5.41) is 11.5. The van der Waals surface area contributed by atoms with Gasteiger partial charge in [0.2, 0.25) is 5.91 Å². The van der Waals surface area contributed by atoms with Gasteiger partial charge in [-0.05, 0) is 24.5 Å². The van der Waals surface area contributed by atoms with E-state index < -0.39 is 17.9 Å². The highest BCUT2D eigenvalue weighted by atomic mass is 16.3. The molecule has 2 rings (SSSR count). The molecule has 1 heterocycles. The summed E-state index contributed by atoms with van der Waals surface area (Å²) in [5.41, 5.74) is 0.683. The number of hydrogen-bond donors (Lipinski definition) is 2. The van der Waals surface area contributed by atoms with Crippen LogP contribution in [0.15, 0.2) is 24.3 Å². The van der Waals surface area contributed by atoms with Crippen molar-refractivity contribution in [1.82, 2.24) is 10.2 Å². The van der Waals surface area contributed by atoms with E-state index in [0.29, 0.717) is 30.5 Å². The van der Waals surface area contributed by atoms with Gasteiger partial charge in [0.05, 0.1) is 11.1 Å². The number of rotatable bonds is 7. The zero-order chi connectivity index (χ0) is 17.0. The average molecular weight is 318 g/mol. The number of benzene rings is 1. The van der Waals surface area contributed by atoms with Crippen LogP contribution < -0.4 is 5.32 Å². The molecular formula is C17H22N2O4. The summed E-state index contributed by atoms with van der Waals surface area (Å²) in [6.45, 7) is 4.05. The van der Waals surface area contributed by atoms with Gasteiger partial charge in [0.1, 0.15) is 6.04 Å². The molecule has 3 amide bonds. The molecule has 0 radical (unpaired) electrons. The Hall–Kier alpha value is -2.21. The first-order chi connectivity index (χ1) is 11.0. The zero-order valence-corrected chi connectivity index (χ0v) is 13.4. The lowest BCUT2D eigenvalue weighted by molar-refractivity contribution is -0.126.